The second-order valence-corrected chi connectivity index (χ2v) is 10.4. The number of aliphatic imine (C=N–C) groups is 1. The van der Waals surface area contributed by atoms with Crippen LogP contribution in [0.2, 0.25) is 5.02 Å². The Morgan fingerprint density at radius 1 is 1.03 bits per heavy atom. The molecule has 0 spiro atoms. The van der Waals surface area contributed by atoms with E-state index in [1.807, 2.05) is 36.4 Å². The van der Waals surface area contributed by atoms with Gasteiger partial charge in [-0.15, -0.1) is 0 Å². The van der Waals surface area contributed by atoms with Crippen LogP contribution in [0.5, 0.6) is 11.5 Å². The van der Waals surface area contributed by atoms with Crippen molar-refractivity contribution in [1.29, 1.82) is 0 Å². The maximum absolute atomic E-state index is 13.3. The molecule has 0 saturated carbocycles. The topological polar surface area (TPSA) is 51.1 Å². The van der Waals surface area contributed by atoms with E-state index in [-0.39, 0.29) is 5.91 Å². The predicted molar refractivity (Wildman–Crippen MR) is 149 cm³/mol. The third-order valence-corrected chi connectivity index (χ3v) is 6.75. The number of thioether (sulfide) groups is 1. The quantitative estimate of drug-likeness (QED) is 0.288. The molecule has 0 aliphatic carbocycles. The molecule has 3 aromatic rings. The Labute approximate surface area is 221 Å². The smallest absolute Gasteiger partial charge is 0.266 e. The summed E-state index contributed by atoms with van der Waals surface area (Å²) in [7, 11) is 1.61. The summed E-state index contributed by atoms with van der Waals surface area (Å²) in [6.45, 7) is 7.26. The molecule has 1 fully saturated rings. The number of hydrogen-bond acceptors (Lipinski definition) is 5. The molecule has 7 heteroatoms. The van der Waals surface area contributed by atoms with Gasteiger partial charge in [0.15, 0.2) is 16.7 Å². The van der Waals surface area contributed by atoms with Crippen LogP contribution in [-0.2, 0) is 11.4 Å². The minimum Gasteiger partial charge on any atom is -0.493 e. The Hall–Kier alpha value is -3.22. The van der Waals surface area contributed by atoms with Crippen molar-refractivity contribution in [2.45, 2.75) is 27.4 Å². The summed E-state index contributed by atoms with van der Waals surface area (Å²) in [5, 5.41) is 1.31. The predicted octanol–water partition coefficient (Wildman–Crippen LogP) is 7.50. The molecule has 1 heterocycles. The van der Waals surface area contributed by atoms with Crippen LogP contribution >= 0.6 is 23.4 Å². The summed E-state index contributed by atoms with van der Waals surface area (Å²) in [6, 6.07) is 21.2. The van der Waals surface area contributed by atoms with E-state index >= 15 is 0 Å². The van der Waals surface area contributed by atoms with E-state index in [1.54, 1.807) is 24.1 Å². The lowest BCUT2D eigenvalue weighted by atomic mass is 10.1. The molecular formula is C29H29ClN2O3S. The highest BCUT2D eigenvalue weighted by atomic mass is 35.5. The Kier molecular flexibility index (Phi) is 8.39. The number of hydrogen-bond donors (Lipinski definition) is 0. The van der Waals surface area contributed by atoms with Gasteiger partial charge in [0.05, 0.1) is 17.7 Å². The standard InChI is InChI=1S/C29H29ClN2O3S/c1-19(2)17-32-28(33)27(36-29(32)31-24-12-10-23(30)11-13-24)16-22-9-14-25(26(15-22)34-4)35-18-21-7-5-20(3)6-8-21/h5-16,19H,17-18H2,1-4H3/b27-16-,31-29?. The molecule has 1 aliphatic heterocycles. The van der Waals surface area contributed by atoms with Gasteiger partial charge in [-0.2, -0.15) is 0 Å². The second kappa shape index (κ2) is 11.7. The Bertz CT molecular complexity index is 1280. The molecule has 0 radical (unpaired) electrons. The lowest BCUT2D eigenvalue weighted by Crippen LogP contribution is -2.32. The van der Waals surface area contributed by atoms with Gasteiger partial charge in [0, 0.05) is 11.6 Å². The van der Waals surface area contributed by atoms with Crippen molar-refractivity contribution in [1.82, 2.24) is 4.90 Å². The van der Waals surface area contributed by atoms with Crippen molar-refractivity contribution < 1.29 is 14.3 Å². The van der Waals surface area contributed by atoms with Crippen molar-refractivity contribution in [3.05, 3.63) is 93.3 Å². The number of rotatable bonds is 8. The fourth-order valence-corrected chi connectivity index (χ4v) is 4.77. The fraction of sp³-hybridized carbons (Fsp3) is 0.241. The zero-order valence-electron chi connectivity index (χ0n) is 20.8. The average Bonchev–Trinajstić information content (AvgIpc) is 3.13. The van der Waals surface area contributed by atoms with Gasteiger partial charge in [0.25, 0.3) is 5.91 Å². The normalized spacial score (nSPS) is 15.8. The number of amidine groups is 1. The van der Waals surface area contributed by atoms with E-state index in [4.69, 9.17) is 26.1 Å². The molecule has 36 heavy (non-hydrogen) atoms. The molecule has 1 aliphatic rings. The monoisotopic (exact) mass is 520 g/mol. The van der Waals surface area contributed by atoms with E-state index in [0.29, 0.717) is 45.7 Å². The summed E-state index contributed by atoms with van der Waals surface area (Å²) >= 11 is 7.38. The van der Waals surface area contributed by atoms with Crippen LogP contribution in [0.25, 0.3) is 6.08 Å². The van der Waals surface area contributed by atoms with Crippen molar-refractivity contribution in [2.24, 2.45) is 10.9 Å². The van der Waals surface area contributed by atoms with E-state index in [1.165, 1.54) is 17.3 Å². The van der Waals surface area contributed by atoms with Crippen LogP contribution in [0.4, 0.5) is 5.69 Å². The molecular weight excluding hydrogens is 492 g/mol. The van der Waals surface area contributed by atoms with Gasteiger partial charge in [0.1, 0.15) is 6.61 Å². The lowest BCUT2D eigenvalue weighted by Gasteiger charge is -2.17. The van der Waals surface area contributed by atoms with E-state index in [2.05, 4.69) is 45.0 Å². The molecule has 0 unspecified atom stereocenters. The molecule has 0 N–H and O–H groups in total. The first-order chi connectivity index (χ1) is 17.3. The first kappa shape index (κ1) is 25.9. The largest absolute Gasteiger partial charge is 0.493 e. The first-order valence-corrected chi connectivity index (χ1v) is 12.9. The number of aryl methyl sites for hydroxylation is 1. The summed E-state index contributed by atoms with van der Waals surface area (Å²) in [4.78, 5) is 20.4. The highest BCUT2D eigenvalue weighted by molar-refractivity contribution is 8.18. The zero-order chi connectivity index (χ0) is 25.7. The number of amides is 1. The maximum atomic E-state index is 13.3. The van der Waals surface area contributed by atoms with Crippen molar-refractivity contribution >= 4 is 46.2 Å². The maximum Gasteiger partial charge on any atom is 0.266 e. The van der Waals surface area contributed by atoms with Gasteiger partial charge in [-0.3, -0.25) is 9.69 Å². The van der Waals surface area contributed by atoms with Crippen molar-refractivity contribution in [3.8, 4) is 11.5 Å². The second-order valence-electron chi connectivity index (χ2n) is 8.98. The van der Waals surface area contributed by atoms with Crippen LogP contribution in [0.1, 0.15) is 30.5 Å². The van der Waals surface area contributed by atoms with Gasteiger partial charge in [0.2, 0.25) is 0 Å². The van der Waals surface area contributed by atoms with Gasteiger partial charge >= 0.3 is 0 Å². The third-order valence-electron chi connectivity index (χ3n) is 5.49. The highest BCUT2D eigenvalue weighted by Gasteiger charge is 2.33. The Balaban J connectivity index is 1.56. The number of methoxy groups -OCH3 is 1. The van der Waals surface area contributed by atoms with Crippen LogP contribution in [0.15, 0.2) is 76.6 Å². The SMILES string of the molecule is COc1cc(/C=C2\SC(=Nc3ccc(Cl)cc3)N(CC(C)C)C2=O)ccc1OCc1ccc(C)cc1. The summed E-state index contributed by atoms with van der Waals surface area (Å²) in [5.74, 6) is 1.51. The Morgan fingerprint density at radius 3 is 2.42 bits per heavy atom. The number of nitrogens with zero attached hydrogens (tertiary/aromatic N) is 2. The molecule has 186 valence electrons. The number of carbonyl (C=O) groups excluding carboxylic acids is 1. The lowest BCUT2D eigenvalue weighted by molar-refractivity contribution is -0.122. The molecule has 1 saturated heterocycles. The molecule has 1 amide bonds. The van der Waals surface area contributed by atoms with Gasteiger partial charge in [-0.1, -0.05) is 61.3 Å². The number of carbonyl (C=O) groups is 1. The van der Waals surface area contributed by atoms with E-state index in [0.717, 1.165) is 16.8 Å². The molecule has 3 aromatic carbocycles. The van der Waals surface area contributed by atoms with Crippen LogP contribution in [0, 0.1) is 12.8 Å². The fourth-order valence-electron chi connectivity index (χ4n) is 3.63. The van der Waals surface area contributed by atoms with E-state index in [9.17, 15) is 4.79 Å². The van der Waals surface area contributed by atoms with Crippen molar-refractivity contribution in [2.75, 3.05) is 13.7 Å². The zero-order valence-corrected chi connectivity index (χ0v) is 22.4. The highest BCUT2D eigenvalue weighted by Crippen LogP contribution is 2.36. The Morgan fingerprint density at radius 2 is 1.75 bits per heavy atom. The third kappa shape index (κ3) is 6.50. The average molecular weight is 521 g/mol. The molecule has 5 nitrogen and oxygen atoms in total. The minimum atomic E-state index is -0.0555. The summed E-state index contributed by atoms with van der Waals surface area (Å²) in [6.07, 6.45) is 1.87. The molecule has 0 atom stereocenters. The van der Waals surface area contributed by atoms with Crippen LogP contribution in [0.3, 0.4) is 0 Å². The first-order valence-electron chi connectivity index (χ1n) is 11.7. The summed E-state index contributed by atoms with van der Waals surface area (Å²) in [5.41, 5.74) is 3.89. The number of ether oxygens (including phenoxy) is 2. The number of halogens is 1. The van der Waals surface area contributed by atoms with Crippen molar-refractivity contribution in [3.63, 3.8) is 0 Å². The van der Waals surface area contributed by atoms with E-state index < -0.39 is 0 Å². The molecule has 0 bridgehead atoms. The van der Waals surface area contributed by atoms with Gasteiger partial charge in [-0.25, -0.2) is 4.99 Å². The number of benzene rings is 3. The molecule has 4 rings (SSSR count). The van der Waals surface area contributed by atoms with Gasteiger partial charge < -0.3 is 9.47 Å². The van der Waals surface area contributed by atoms with Crippen LogP contribution in [-0.4, -0.2) is 29.6 Å². The van der Waals surface area contributed by atoms with Crippen LogP contribution < -0.4 is 9.47 Å². The molecule has 0 aromatic heterocycles. The minimum absolute atomic E-state index is 0.0555. The summed E-state index contributed by atoms with van der Waals surface area (Å²) < 4.78 is 11.6. The van der Waals surface area contributed by atoms with Gasteiger partial charge in [-0.05, 0) is 78.2 Å².